The highest BCUT2D eigenvalue weighted by molar-refractivity contribution is 7.30. The molecule has 0 aliphatic carbocycles. The molecule has 0 aromatic rings. The molecule has 0 saturated carbocycles. The van der Waals surface area contributed by atoms with Crippen LogP contribution in [0.1, 0.15) is 33.6 Å². The van der Waals surface area contributed by atoms with Gasteiger partial charge in [0, 0.05) is 0 Å². The zero-order chi connectivity index (χ0) is 10.7. The van der Waals surface area contributed by atoms with E-state index in [1.165, 1.54) is 19.8 Å². The van der Waals surface area contributed by atoms with Crippen molar-refractivity contribution in [3.05, 3.63) is 0 Å². The van der Waals surface area contributed by atoms with Crippen LogP contribution in [-0.2, 0) is 13.9 Å². The highest BCUT2D eigenvalue weighted by atomic mass is 31.1. The number of carbonyl (C=O) groups is 1. The Hall–Kier alpha value is -0.510. The van der Waals surface area contributed by atoms with Gasteiger partial charge in [0.2, 0.25) is 6.41 Å². The van der Waals surface area contributed by atoms with Crippen molar-refractivity contribution in [1.29, 1.82) is 0 Å². The van der Waals surface area contributed by atoms with Crippen molar-refractivity contribution in [2.24, 2.45) is 0 Å². The van der Waals surface area contributed by atoms with E-state index in [0.717, 1.165) is 0 Å². The molecule has 0 aliphatic heterocycles. The van der Waals surface area contributed by atoms with Crippen molar-refractivity contribution in [2.45, 2.75) is 39.8 Å². The predicted molar refractivity (Wildman–Crippen MR) is 47.9 cm³/mol. The van der Waals surface area contributed by atoms with E-state index in [0.29, 0.717) is 6.41 Å². The Morgan fingerprint density at radius 3 is 2.23 bits per heavy atom. The summed E-state index contributed by atoms with van der Waals surface area (Å²) in [6.45, 7) is 5.76. The van der Waals surface area contributed by atoms with Crippen LogP contribution in [0.3, 0.4) is 0 Å². The first-order valence-corrected chi connectivity index (χ1v) is 5.18. The van der Waals surface area contributed by atoms with Crippen LogP contribution in [0.25, 0.3) is 0 Å². The number of amides is 1. The second-order valence-corrected chi connectivity index (χ2v) is 2.91. The Balaban J connectivity index is 0. The lowest BCUT2D eigenvalue weighted by Crippen LogP contribution is -2.25. The number of hydrogen-bond acceptors (Lipinski definition) is 4. The van der Waals surface area contributed by atoms with Crippen molar-refractivity contribution in [1.82, 2.24) is 5.32 Å². The quantitative estimate of drug-likeness (QED) is 0.415. The van der Waals surface area contributed by atoms with Crippen LogP contribution in [0.15, 0.2) is 0 Å². The third kappa shape index (κ3) is 18.4. The summed E-state index contributed by atoms with van der Waals surface area (Å²) in [7, 11) is -2.87. The third-order valence-corrected chi connectivity index (χ3v) is 1.54. The standard InChI is InChI=1S/C4H10.C3H6NO4P/c1-3-4-2;1-3(4-2-5)8-9(6)7/h3-4H2,1-2H3;2-3H,1H3,(H,4,5). The van der Waals surface area contributed by atoms with Gasteiger partial charge in [-0.05, 0) is 11.5 Å². The fraction of sp³-hybridized carbons (Fsp3) is 0.857. The van der Waals surface area contributed by atoms with E-state index in [4.69, 9.17) is 0 Å². The molecule has 0 radical (unpaired) electrons. The molecule has 1 N–H and O–H groups in total. The number of rotatable bonds is 5. The van der Waals surface area contributed by atoms with Gasteiger partial charge in [-0.15, -0.1) is 4.52 Å². The van der Waals surface area contributed by atoms with Gasteiger partial charge in [-0.2, -0.15) is 0 Å². The van der Waals surface area contributed by atoms with Gasteiger partial charge >= 0.3 is 8.25 Å². The summed E-state index contributed by atoms with van der Waals surface area (Å²) in [5, 5.41) is 2.09. The summed E-state index contributed by atoms with van der Waals surface area (Å²) in [6, 6.07) is 0. The predicted octanol–water partition coefficient (Wildman–Crippen LogP) is 0.919. The van der Waals surface area contributed by atoms with Crippen molar-refractivity contribution < 1.29 is 18.8 Å². The molecule has 0 aromatic carbocycles. The molecule has 0 spiro atoms. The summed E-state index contributed by atoms with van der Waals surface area (Å²) < 4.78 is 13.8. The Labute approximate surface area is 79.4 Å². The molecule has 0 rings (SSSR count). The van der Waals surface area contributed by atoms with Gasteiger partial charge in [-0.1, -0.05) is 26.7 Å². The SMILES string of the molecule is CC(NC=O)O[P+](=O)[O-].CCCC. The normalized spacial score (nSPS) is 12.2. The molecule has 78 valence electrons. The van der Waals surface area contributed by atoms with Crippen molar-refractivity contribution in [3.63, 3.8) is 0 Å². The first-order chi connectivity index (χ1) is 6.08. The van der Waals surface area contributed by atoms with E-state index in [2.05, 4.69) is 23.7 Å². The maximum Gasteiger partial charge on any atom is 0.490 e. The lowest BCUT2D eigenvalue weighted by Gasteiger charge is -2.00. The molecular formula is C7H16NO4P. The summed E-state index contributed by atoms with van der Waals surface area (Å²) in [6.07, 6.45) is 2.23. The van der Waals surface area contributed by atoms with Gasteiger partial charge in [0.25, 0.3) is 0 Å². The Kier molecular flexibility index (Phi) is 13.2. The Bertz CT molecular complexity index is 140. The Morgan fingerprint density at radius 1 is 1.54 bits per heavy atom. The molecule has 5 nitrogen and oxygen atoms in total. The molecule has 6 heteroatoms. The van der Waals surface area contributed by atoms with Crippen LogP contribution in [0.2, 0.25) is 0 Å². The largest absolute Gasteiger partial charge is 0.566 e. The summed E-state index contributed by atoms with van der Waals surface area (Å²) >= 11 is 0. The van der Waals surface area contributed by atoms with Crippen LogP contribution in [0.4, 0.5) is 0 Å². The van der Waals surface area contributed by atoms with Gasteiger partial charge in [0.05, 0.1) is 0 Å². The molecular weight excluding hydrogens is 193 g/mol. The summed E-state index contributed by atoms with van der Waals surface area (Å²) in [5.74, 6) is 0. The minimum absolute atomic E-state index is 0.365. The zero-order valence-corrected chi connectivity index (χ0v) is 9.04. The summed E-state index contributed by atoms with van der Waals surface area (Å²) in [4.78, 5) is 19.4. The smallest absolute Gasteiger partial charge is 0.490 e. The molecule has 0 heterocycles. The van der Waals surface area contributed by atoms with E-state index >= 15 is 0 Å². The molecule has 13 heavy (non-hydrogen) atoms. The maximum atomic E-state index is 9.74. The third-order valence-electron chi connectivity index (χ3n) is 1.05. The topological polar surface area (TPSA) is 78.5 Å². The van der Waals surface area contributed by atoms with E-state index in [-0.39, 0.29) is 0 Å². The lowest BCUT2D eigenvalue weighted by atomic mass is 10.4. The van der Waals surface area contributed by atoms with Crippen LogP contribution < -0.4 is 10.2 Å². The molecule has 2 unspecified atom stereocenters. The highest BCUT2D eigenvalue weighted by Crippen LogP contribution is 2.10. The first kappa shape index (κ1) is 15.0. The molecule has 0 bridgehead atoms. The molecule has 0 aliphatic rings. The average Bonchev–Trinajstić information content (AvgIpc) is 2.04. The molecule has 0 aromatic heterocycles. The van der Waals surface area contributed by atoms with Gasteiger partial charge in [-0.25, -0.2) is 0 Å². The van der Waals surface area contributed by atoms with Gasteiger partial charge in [0.1, 0.15) is 0 Å². The average molecular weight is 209 g/mol. The minimum Gasteiger partial charge on any atom is -0.566 e. The van der Waals surface area contributed by atoms with Gasteiger partial charge < -0.3 is 10.2 Å². The fourth-order valence-corrected chi connectivity index (χ4v) is 0.574. The zero-order valence-electron chi connectivity index (χ0n) is 8.15. The monoisotopic (exact) mass is 209 g/mol. The number of carbonyl (C=O) groups excluding carboxylic acids is 1. The lowest BCUT2D eigenvalue weighted by molar-refractivity contribution is -0.189. The second-order valence-electron chi connectivity index (χ2n) is 2.26. The van der Waals surface area contributed by atoms with Crippen LogP contribution in [-0.4, -0.2) is 12.6 Å². The van der Waals surface area contributed by atoms with Crippen molar-refractivity contribution in [3.8, 4) is 0 Å². The molecule has 2 atom stereocenters. The van der Waals surface area contributed by atoms with E-state index in [1.54, 1.807) is 0 Å². The summed E-state index contributed by atoms with van der Waals surface area (Å²) in [5.41, 5.74) is 0. The number of nitrogens with one attached hydrogen (secondary N) is 1. The van der Waals surface area contributed by atoms with Crippen LogP contribution in [0, 0.1) is 0 Å². The van der Waals surface area contributed by atoms with Crippen LogP contribution >= 0.6 is 8.25 Å². The van der Waals surface area contributed by atoms with Gasteiger partial charge in [-0.3, -0.25) is 4.79 Å². The van der Waals surface area contributed by atoms with E-state index in [9.17, 15) is 14.3 Å². The van der Waals surface area contributed by atoms with E-state index in [1.807, 2.05) is 0 Å². The van der Waals surface area contributed by atoms with Crippen molar-refractivity contribution in [2.75, 3.05) is 0 Å². The van der Waals surface area contributed by atoms with E-state index < -0.39 is 14.5 Å². The minimum atomic E-state index is -2.87. The number of hydrogen-bond donors (Lipinski definition) is 1. The second kappa shape index (κ2) is 11.5. The maximum absolute atomic E-state index is 9.74. The van der Waals surface area contributed by atoms with Gasteiger partial charge in [0.15, 0.2) is 6.23 Å². The fourth-order valence-electron chi connectivity index (χ4n) is 0.255. The van der Waals surface area contributed by atoms with Crippen molar-refractivity contribution >= 4 is 14.7 Å². The molecule has 0 fully saturated rings. The van der Waals surface area contributed by atoms with Crippen LogP contribution in [0.5, 0.6) is 0 Å². The number of unbranched alkanes of at least 4 members (excludes halogenated alkanes) is 1. The first-order valence-electron chi connectivity index (χ1n) is 4.09. The molecule has 1 amide bonds. The molecule has 0 saturated heterocycles. The Morgan fingerprint density at radius 2 is 2.00 bits per heavy atom. The highest BCUT2D eigenvalue weighted by Gasteiger charge is 2.08.